The van der Waals surface area contributed by atoms with Gasteiger partial charge in [-0.05, 0) is 25.0 Å². The average molecular weight is 552 g/mol. The van der Waals surface area contributed by atoms with Crippen LogP contribution in [-0.4, -0.2) is 75.8 Å². The monoisotopic (exact) mass is 551 g/mol. The van der Waals surface area contributed by atoms with Gasteiger partial charge in [0.05, 0.1) is 37.8 Å². The van der Waals surface area contributed by atoms with Gasteiger partial charge in [-0.1, -0.05) is 0 Å². The minimum absolute atomic E-state index is 0.0596. The number of pyridine rings is 1. The van der Waals surface area contributed by atoms with Crippen molar-refractivity contribution in [3.8, 4) is 17.2 Å². The number of halogens is 2. The number of ether oxygens (including phenoxy) is 3. The Bertz CT molecular complexity index is 1310. The second kappa shape index (κ2) is 10.2. The maximum absolute atomic E-state index is 13.5. The summed E-state index contributed by atoms with van der Waals surface area (Å²) < 4.78 is 68.4. The molecule has 1 aromatic carbocycles. The first-order valence-corrected chi connectivity index (χ1v) is 14.5. The third-order valence-electron chi connectivity index (χ3n) is 7.31. The maximum Gasteiger partial charge on any atom is 0.248 e. The molecule has 206 valence electrons. The van der Waals surface area contributed by atoms with Crippen molar-refractivity contribution < 1.29 is 36.2 Å². The SMILES string of the molecule is COc1cc(N2CCOc3ccc(OC4CCN(C(=O)C5CCC(F)(F)CC5)C4)cc32)cnc1S(C)(=O)=O. The van der Waals surface area contributed by atoms with E-state index in [1.54, 1.807) is 11.0 Å². The van der Waals surface area contributed by atoms with Gasteiger partial charge in [-0.2, -0.15) is 0 Å². The molecule has 1 atom stereocenters. The van der Waals surface area contributed by atoms with Gasteiger partial charge in [-0.25, -0.2) is 22.2 Å². The highest BCUT2D eigenvalue weighted by molar-refractivity contribution is 7.90. The Morgan fingerprint density at radius 3 is 2.63 bits per heavy atom. The lowest BCUT2D eigenvalue weighted by Crippen LogP contribution is -2.39. The Labute approximate surface area is 220 Å². The number of benzene rings is 1. The molecule has 2 aliphatic heterocycles. The maximum atomic E-state index is 13.5. The van der Waals surface area contributed by atoms with E-state index in [2.05, 4.69) is 4.98 Å². The van der Waals surface area contributed by atoms with Gasteiger partial charge in [0, 0.05) is 50.1 Å². The molecule has 0 bridgehead atoms. The van der Waals surface area contributed by atoms with Crippen LogP contribution in [0.2, 0.25) is 0 Å². The van der Waals surface area contributed by atoms with Gasteiger partial charge in [-0.3, -0.25) is 4.79 Å². The van der Waals surface area contributed by atoms with Crippen molar-refractivity contribution >= 4 is 27.1 Å². The molecule has 1 aliphatic carbocycles. The molecule has 1 aromatic heterocycles. The third kappa shape index (κ3) is 5.50. The molecule has 9 nitrogen and oxygen atoms in total. The number of methoxy groups -OCH3 is 1. The van der Waals surface area contributed by atoms with Gasteiger partial charge < -0.3 is 24.0 Å². The normalized spacial score (nSPS) is 21.5. The standard InChI is InChI=1S/C26H31F2N3O6S/c1-35-23-13-18(15-29-24(23)38(2,33)34)31-11-12-36-22-4-3-19(14-21(22)31)37-20-7-10-30(16-20)25(32)17-5-8-26(27,28)9-6-17/h3-4,13-15,17,20H,5-12,16H2,1-2H3. The summed E-state index contributed by atoms with van der Waals surface area (Å²) in [7, 11) is -2.16. The number of nitrogens with zero attached hydrogens (tertiary/aromatic N) is 3. The molecule has 3 heterocycles. The number of aromatic nitrogens is 1. The summed E-state index contributed by atoms with van der Waals surface area (Å²) in [6, 6.07) is 7.10. The van der Waals surface area contributed by atoms with Crippen molar-refractivity contribution in [3.05, 3.63) is 30.5 Å². The van der Waals surface area contributed by atoms with E-state index in [0.29, 0.717) is 49.8 Å². The van der Waals surface area contributed by atoms with Crippen molar-refractivity contribution in [1.82, 2.24) is 9.88 Å². The van der Waals surface area contributed by atoms with Crippen molar-refractivity contribution in [2.24, 2.45) is 5.92 Å². The van der Waals surface area contributed by atoms with Crippen LogP contribution in [0.25, 0.3) is 0 Å². The van der Waals surface area contributed by atoms with Crippen LogP contribution in [0.1, 0.15) is 32.1 Å². The van der Waals surface area contributed by atoms with Crippen LogP contribution in [0.4, 0.5) is 20.2 Å². The third-order valence-corrected chi connectivity index (χ3v) is 8.32. The number of alkyl halides is 2. The minimum atomic E-state index is -3.56. The lowest BCUT2D eigenvalue weighted by atomic mass is 9.86. The largest absolute Gasteiger partial charge is 0.494 e. The first-order valence-electron chi connectivity index (χ1n) is 12.7. The summed E-state index contributed by atoms with van der Waals surface area (Å²) in [5.41, 5.74) is 1.38. The second-order valence-corrected chi connectivity index (χ2v) is 12.0. The van der Waals surface area contributed by atoms with E-state index in [1.165, 1.54) is 13.3 Å². The lowest BCUT2D eigenvalue weighted by Gasteiger charge is -2.32. The van der Waals surface area contributed by atoms with Crippen LogP contribution >= 0.6 is 0 Å². The molecular formula is C26H31F2N3O6S. The van der Waals surface area contributed by atoms with E-state index in [9.17, 15) is 22.0 Å². The molecule has 1 saturated heterocycles. The highest BCUT2D eigenvalue weighted by Gasteiger charge is 2.40. The number of anilines is 2. The predicted octanol–water partition coefficient (Wildman–Crippen LogP) is 3.83. The molecular weight excluding hydrogens is 520 g/mol. The molecule has 0 radical (unpaired) electrons. The van der Waals surface area contributed by atoms with Crippen molar-refractivity contribution in [1.29, 1.82) is 0 Å². The van der Waals surface area contributed by atoms with Crippen LogP contribution < -0.4 is 19.1 Å². The van der Waals surface area contributed by atoms with Gasteiger partial charge in [0.2, 0.25) is 11.8 Å². The van der Waals surface area contributed by atoms with Crippen LogP contribution in [0, 0.1) is 5.92 Å². The average Bonchev–Trinajstić information content (AvgIpc) is 3.35. The van der Waals surface area contributed by atoms with E-state index in [4.69, 9.17) is 14.2 Å². The first-order chi connectivity index (χ1) is 18.0. The van der Waals surface area contributed by atoms with E-state index < -0.39 is 15.8 Å². The Morgan fingerprint density at radius 1 is 1.16 bits per heavy atom. The fourth-order valence-electron chi connectivity index (χ4n) is 5.30. The first kappa shape index (κ1) is 26.5. The van der Waals surface area contributed by atoms with E-state index in [1.807, 2.05) is 23.1 Å². The van der Waals surface area contributed by atoms with E-state index >= 15 is 0 Å². The summed E-state index contributed by atoms with van der Waals surface area (Å²) in [6.45, 7) is 1.88. The molecule has 3 aliphatic rings. The highest BCUT2D eigenvalue weighted by atomic mass is 32.2. The Kier molecular flexibility index (Phi) is 7.10. The Balaban J connectivity index is 1.29. The topological polar surface area (TPSA) is 98.3 Å². The highest BCUT2D eigenvalue weighted by Crippen LogP contribution is 2.41. The number of likely N-dealkylation sites (tertiary alicyclic amines) is 1. The number of hydrogen-bond donors (Lipinski definition) is 0. The minimum Gasteiger partial charge on any atom is -0.494 e. The summed E-state index contributed by atoms with van der Waals surface area (Å²) in [5.74, 6) is -1.66. The molecule has 12 heteroatoms. The van der Waals surface area contributed by atoms with Crippen LogP contribution in [-0.2, 0) is 14.6 Å². The second-order valence-electron chi connectivity index (χ2n) is 10.0. The van der Waals surface area contributed by atoms with Gasteiger partial charge in [0.1, 0.15) is 24.2 Å². The molecule has 5 rings (SSSR count). The van der Waals surface area contributed by atoms with E-state index in [-0.39, 0.29) is 54.4 Å². The number of carbonyl (C=O) groups is 1. The molecule has 1 amide bonds. The van der Waals surface area contributed by atoms with Crippen LogP contribution in [0.3, 0.4) is 0 Å². The van der Waals surface area contributed by atoms with E-state index in [0.717, 1.165) is 11.9 Å². The van der Waals surface area contributed by atoms with Gasteiger partial charge in [0.15, 0.2) is 20.6 Å². The Hall–Kier alpha value is -3.15. The van der Waals surface area contributed by atoms with Crippen molar-refractivity contribution in [2.45, 2.75) is 49.2 Å². The predicted molar refractivity (Wildman–Crippen MR) is 135 cm³/mol. The molecule has 2 fully saturated rings. The summed E-state index contributed by atoms with van der Waals surface area (Å²) >= 11 is 0. The van der Waals surface area contributed by atoms with Gasteiger partial charge in [0.25, 0.3) is 0 Å². The zero-order valence-electron chi connectivity index (χ0n) is 21.4. The number of fused-ring (bicyclic) bond motifs is 1. The quantitative estimate of drug-likeness (QED) is 0.535. The summed E-state index contributed by atoms with van der Waals surface area (Å²) in [6.07, 6.45) is 2.99. The van der Waals surface area contributed by atoms with Crippen LogP contribution in [0.5, 0.6) is 17.2 Å². The number of rotatable bonds is 6. The van der Waals surface area contributed by atoms with Crippen molar-refractivity contribution in [3.63, 3.8) is 0 Å². The molecule has 1 unspecified atom stereocenters. The fourth-order valence-corrected chi connectivity index (χ4v) is 6.05. The zero-order chi connectivity index (χ0) is 27.1. The molecule has 38 heavy (non-hydrogen) atoms. The number of hydrogen-bond acceptors (Lipinski definition) is 8. The number of amides is 1. The number of sulfone groups is 1. The van der Waals surface area contributed by atoms with Gasteiger partial charge >= 0.3 is 0 Å². The summed E-state index contributed by atoms with van der Waals surface area (Å²) in [4.78, 5) is 20.7. The smallest absolute Gasteiger partial charge is 0.248 e. The number of carbonyl (C=O) groups excluding carboxylic acids is 1. The molecule has 2 aromatic rings. The Morgan fingerprint density at radius 2 is 1.92 bits per heavy atom. The zero-order valence-corrected chi connectivity index (χ0v) is 22.2. The van der Waals surface area contributed by atoms with Crippen molar-refractivity contribution in [2.75, 3.05) is 44.5 Å². The fraction of sp³-hybridized carbons (Fsp3) is 0.538. The lowest BCUT2D eigenvalue weighted by molar-refractivity contribution is -0.138. The molecule has 1 saturated carbocycles. The van der Waals surface area contributed by atoms with Crippen LogP contribution in [0.15, 0.2) is 35.5 Å². The molecule has 0 N–H and O–H groups in total. The molecule has 0 spiro atoms. The van der Waals surface area contributed by atoms with Gasteiger partial charge in [-0.15, -0.1) is 0 Å². The summed E-state index contributed by atoms with van der Waals surface area (Å²) in [5, 5.41) is -0.128.